The predicted octanol–water partition coefficient (Wildman–Crippen LogP) is 3.18. The largest absolute Gasteiger partial charge is 0.382 e. The van der Waals surface area contributed by atoms with Crippen LogP contribution in [0.2, 0.25) is 0 Å². The van der Waals surface area contributed by atoms with Gasteiger partial charge in [-0.05, 0) is 43.0 Å². The first-order chi connectivity index (χ1) is 9.35. The van der Waals surface area contributed by atoms with Crippen LogP contribution in [-0.2, 0) is 17.8 Å². The van der Waals surface area contributed by atoms with E-state index in [1.807, 2.05) is 6.92 Å². The van der Waals surface area contributed by atoms with Crippen molar-refractivity contribution in [1.82, 2.24) is 9.88 Å². The maximum atomic E-state index is 5.40. The van der Waals surface area contributed by atoms with Gasteiger partial charge in [-0.25, -0.2) is 0 Å². The molecule has 0 aliphatic heterocycles. The van der Waals surface area contributed by atoms with Crippen molar-refractivity contribution in [3.05, 3.63) is 36.0 Å². The van der Waals surface area contributed by atoms with Crippen molar-refractivity contribution in [2.24, 2.45) is 0 Å². The molecule has 3 heteroatoms. The van der Waals surface area contributed by atoms with Gasteiger partial charge in [-0.1, -0.05) is 19.1 Å². The summed E-state index contributed by atoms with van der Waals surface area (Å²) in [6, 6.07) is 8.89. The maximum Gasteiger partial charge on any atom is 0.0483 e. The summed E-state index contributed by atoms with van der Waals surface area (Å²) >= 11 is 0. The molecule has 3 nitrogen and oxygen atoms in total. The number of nitrogens with one attached hydrogen (secondary N) is 1. The van der Waals surface area contributed by atoms with E-state index in [4.69, 9.17) is 4.74 Å². The third-order valence-corrected chi connectivity index (χ3v) is 3.31. The third kappa shape index (κ3) is 3.82. The second-order valence-electron chi connectivity index (χ2n) is 4.73. The molecular weight excluding hydrogens is 236 g/mol. The molecule has 0 saturated carbocycles. The Morgan fingerprint density at radius 2 is 2.11 bits per heavy atom. The van der Waals surface area contributed by atoms with E-state index in [1.54, 1.807) is 0 Å². The van der Waals surface area contributed by atoms with Crippen LogP contribution in [0.3, 0.4) is 0 Å². The summed E-state index contributed by atoms with van der Waals surface area (Å²) < 4.78 is 7.72. The highest BCUT2D eigenvalue weighted by molar-refractivity contribution is 5.80. The summed E-state index contributed by atoms with van der Waals surface area (Å²) in [6.45, 7) is 8.79. The molecule has 1 heterocycles. The van der Waals surface area contributed by atoms with E-state index in [0.29, 0.717) is 0 Å². The minimum absolute atomic E-state index is 0.805. The highest BCUT2D eigenvalue weighted by Gasteiger charge is 2.02. The summed E-state index contributed by atoms with van der Waals surface area (Å²) in [5.41, 5.74) is 2.67. The molecule has 1 aromatic carbocycles. The third-order valence-electron chi connectivity index (χ3n) is 3.31. The van der Waals surface area contributed by atoms with E-state index in [9.17, 15) is 0 Å². The fourth-order valence-corrected chi connectivity index (χ4v) is 2.29. The van der Waals surface area contributed by atoms with Gasteiger partial charge in [0.15, 0.2) is 0 Å². The van der Waals surface area contributed by atoms with Crippen molar-refractivity contribution in [3.63, 3.8) is 0 Å². The fraction of sp³-hybridized carbons (Fsp3) is 0.500. The summed E-state index contributed by atoms with van der Waals surface area (Å²) in [5, 5.41) is 4.69. The van der Waals surface area contributed by atoms with Gasteiger partial charge >= 0.3 is 0 Å². The Bertz CT molecular complexity index is 504. The Morgan fingerprint density at radius 3 is 2.89 bits per heavy atom. The summed E-state index contributed by atoms with van der Waals surface area (Å²) in [7, 11) is 0. The van der Waals surface area contributed by atoms with Crippen LogP contribution < -0.4 is 5.32 Å². The molecule has 0 saturated heterocycles. The van der Waals surface area contributed by atoms with E-state index >= 15 is 0 Å². The molecule has 0 spiro atoms. The summed E-state index contributed by atoms with van der Waals surface area (Å²) in [5.74, 6) is 0. The van der Waals surface area contributed by atoms with Crippen LogP contribution >= 0.6 is 0 Å². The minimum atomic E-state index is 0.805. The van der Waals surface area contributed by atoms with Crippen molar-refractivity contribution in [2.75, 3.05) is 19.8 Å². The fourth-order valence-electron chi connectivity index (χ4n) is 2.29. The number of rotatable bonds is 8. The number of benzene rings is 1. The van der Waals surface area contributed by atoms with Crippen LogP contribution in [0.15, 0.2) is 30.5 Å². The smallest absolute Gasteiger partial charge is 0.0483 e. The summed E-state index contributed by atoms with van der Waals surface area (Å²) in [4.78, 5) is 0. The summed E-state index contributed by atoms with van der Waals surface area (Å²) in [6.07, 6.45) is 3.24. The van der Waals surface area contributed by atoms with Gasteiger partial charge in [0, 0.05) is 38.0 Å². The van der Waals surface area contributed by atoms with Gasteiger partial charge < -0.3 is 14.6 Å². The Labute approximate surface area is 115 Å². The normalized spacial score (nSPS) is 11.3. The number of fused-ring (bicyclic) bond motifs is 1. The number of ether oxygens (including phenoxy) is 1. The molecule has 104 valence electrons. The lowest BCUT2D eigenvalue weighted by molar-refractivity contribution is 0.142. The van der Waals surface area contributed by atoms with Crippen LogP contribution in [0.25, 0.3) is 10.9 Å². The Morgan fingerprint density at radius 1 is 1.21 bits per heavy atom. The first-order valence-corrected chi connectivity index (χ1v) is 7.21. The second kappa shape index (κ2) is 7.31. The molecule has 0 atom stereocenters. The van der Waals surface area contributed by atoms with Gasteiger partial charge in [-0.3, -0.25) is 0 Å². The second-order valence-corrected chi connectivity index (χ2v) is 4.73. The van der Waals surface area contributed by atoms with Crippen LogP contribution in [-0.4, -0.2) is 24.3 Å². The van der Waals surface area contributed by atoms with Crippen LogP contribution in [0.5, 0.6) is 0 Å². The number of nitrogens with zero attached hydrogens (tertiary/aromatic N) is 1. The van der Waals surface area contributed by atoms with Crippen LogP contribution in [0, 0.1) is 0 Å². The number of aromatic nitrogens is 1. The van der Waals surface area contributed by atoms with Crippen molar-refractivity contribution in [2.45, 2.75) is 33.4 Å². The molecule has 0 fully saturated rings. The molecule has 0 unspecified atom stereocenters. The molecule has 0 aliphatic carbocycles. The number of aryl methyl sites for hydroxylation is 1. The highest BCUT2D eigenvalue weighted by atomic mass is 16.5. The predicted molar refractivity (Wildman–Crippen MR) is 80.4 cm³/mol. The van der Waals surface area contributed by atoms with E-state index < -0.39 is 0 Å². The van der Waals surface area contributed by atoms with E-state index in [-0.39, 0.29) is 0 Å². The quantitative estimate of drug-likeness (QED) is 0.738. The first kappa shape index (κ1) is 14.1. The monoisotopic (exact) mass is 260 g/mol. The zero-order valence-corrected chi connectivity index (χ0v) is 12.0. The van der Waals surface area contributed by atoms with Gasteiger partial charge in [-0.2, -0.15) is 0 Å². The topological polar surface area (TPSA) is 26.2 Å². The van der Waals surface area contributed by atoms with Gasteiger partial charge in [0.05, 0.1) is 0 Å². The molecule has 0 aliphatic rings. The van der Waals surface area contributed by atoms with Crippen LogP contribution in [0.1, 0.15) is 25.8 Å². The first-order valence-electron chi connectivity index (χ1n) is 7.21. The SMILES string of the molecule is CCNCc1ccc2ccn(CCCOCC)c2c1. The molecule has 1 N–H and O–H groups in total. The Balaban J connectivity index is 2.06. The Kier molecular flexibility index (Phi) is 5.43. The Hall–Kier alpha value is -1.32. The standard InChI is InChI=1S/C16H24N2O/c1-3-17-13-14-6-7-15-8-10-18(16(15)12-14)9-5-11-19-4-2/h6-8,10,12,17H,3-5,9,11,13H2,1-2H3. The molecule has 2 rings (SSSR count). The van der Waals surface area contributed by atoms with Crippen molar-refractivity contribution < 1.29 is 4.74 Å². The lowest BCUT2D eigenvalue weighted by atomic mass is 10.1. The number of hydrogen-bond donors (Lipinski definition) is 1. The van der Waals surface area contributed by atoms with E-state index in [0.717, 1.165) is 39.3 Å². The average Bonchev–Trinajstić information content (AvgIpc) is 2.84. The molecule has 1 aromatic heterocycles. The van der Waals surface area contributed by atoms with Gasteiger partial charge in [0.25, 0.3) is 0 Å². The zero-order chi connectivity index (χ0) is 13.5. The van der Waals surface area contributed by atoms with E-state index in [2.05, 4.69) is 47.3 Å². The van der Waals surface area contributed by atoms with E-state index in [1.165, 1.54) is 16.5 Å². The van der Waals surface area contributed by atoms with Crippen molar-refractivity contribution in [3.8, 4) is 0 Å². The van der Waals surface area contributed by atoms with Gasteiger partial charge in [0.2, 0.25) is 0 Å². The molecule has 0 radical (unpaired) electrons. The van der Waals surface area contributed by atoms with Crippen molar-refractivity contribution in [1.29, 1.82) is 0 Å². The molecule has 2 aromatic rings. The maximum absolute atomic E-state index is 5.40. The van der Waals surface area contributed by atoms with Gasteiger partial charge in [-0.15, -0.1) is 0 Å². The van der Waals surface area contributed by atoms with Crippen LogP contribution in [0.4, 0.5) is 0 Å². The lowest BCUT2D eigenvalue weighted by Crippen LogP contribution is -2.11. The molecule has 0 bridgehead atoms. The highest BCUT2D eigenvalue weighted by Crippen LogP contribution is 2.18. The lowest BCUT2D eigenvalue weighted by Gasteiger charge is -2.07. The number of hydrogen-bond acceptors (Lipinski definition) is 2. The molecular formula is C16H24N2O. The van der Waals surface area contributed by atoms with Gasteiger partial charge in [0.1, 0.15) is 0 Å². The molecule has 19 heavy (non-hydrogen) atoms. The minimum Gasteiger partial charge on any atom is -0.382 e. The molecule has 0 amide bonds. The zero-order valence-electron chi connectivity index (χ0n) is 12.0. The van der Waals surface area contributed by atoms with Crippen molar-refractivity contribution >= 4 is 10.9 Å². The average molecular weight is 260 g/mol.